The summed E-state index contributed by atoms with van der Waals surface area (Å²) in [6, 6.07) is 10.8. The molecule has 0 spiro atoms. The predicted octanol–water partition coefficient (Wildman–Crippen LogP) is 2.80. The van der Waals surface area contributed by atoms with Crippen LogP contribution >= 0.6 is 0 Å². The Hall–Kier alpha value is -3.22. The Kier molecular flexibility index (Phi) is 3.76. The Morgan fingerprint density at radius 3 is 2.39 bits per heavy atom. The molecule has 0 saturated carbocycles. The van der Waals surface area contributed by atoms with Crippen LogP contribution in [0.15, 0.2) is 42.5 Å². The number of rotatable bonds is 3. The van der Waals surface area contributed by atoms with Gasteiger partial charge >= 0.3 is 0 Å². The molecule has 116 valence electrons. The van der Waals surface area contributed by atoms with Gasteiger partial charge < -0.3 is 15.5 Å². The Morgan fingerprint density at radius 1 is 0.957 bits per heavy atom. The van der Waals surface area contributed by atoms with Crippen molar-refractivity contribution in [3.8, 4) is 34.0 Å². The van der Waals surface area contributed by atoms with Gasteiger partial charge in [0.1, 0.15) is 11.6 Å². The number of benzene rings is 1. The number of nitrogens with one attached hydrogen (secondary N) is 1. The van der Waals surface area contributed by atoms with E-state index in [4.69, 9.17) is 0 Å². The average Bonchev–Trinajstić information content (AvgIpc) is 2.54. The van der Waals surface area contributed by atoms with Crippen molar-refractivity contribution in [3.05, 3.63) is 48.4 Å². The first kappa shape index (κ1) is 14.7. The van der Waals surface area contributed by atoms with Gasteiger partial charge in [-0.25, -0.2) is 0 Å². The van der Waals surface area contributed by atoms with E-state index in [1.165, 1.54) is 18.2 Å². The maximum atomic E-state index is 13.3. The number of hydrogen-bond donors (Lipinski definition) is 3. The van der Waals surface area contributed by atoms with Gasteiger partial charge in [0.05, 0.1) is 5.69 Å². The van der Waals surface area contributed by atoms with Crippen molar-refractivity contribution in [2.24, 2.45) is 0 Å². The molecular weight excluding hydrogens is 299 g/mol. The summed E-state index contributed by atoms with van der Waals surface area (Å²) in [4.78, 5) is 3.27. The summed E-state index contributed by atoms with van der Waals surface area (Å²) in [6.45, 7) is 0. The van der Waals surface area contributed by atoms with E-state index in [1.54, 1.807) is 31.3 Å². The molecule has 0 aliphatic rings. The van der Waals surface area contributed by atoms with Crippen LogP contribution in [0.3, 0.4) is 0 Å². The van der Waals surface area contributed by atoms with Crippen LogP contribution in [0.1, 0.15) is 0 Å². The zero-order chi connectivity index (χ0) is 16.4. The summed E-state index contributed by atoms with van der Waals surface area (Å²) in [5.41, 5.74) is 1.97. The summed E-state index contributed by atoms with van der Waals surface area (Å²) in [5.74, 6) is -0.618. The first-order valence-electron chi connectivity index (χ1n) is 6.78. The minimum Gasteiger partial charge on any atom is -0.507 e. The van der Waals surface area contributed by atoms with Crippen molar-refractivity contribution in [3.63, 3.8) is 0 Å². The lowest BCUT2D eigenvalue weighted by Crippen LogP contribution is -1.95. The molecule has 0 fully saturated rings. The molecule has 0 saturated heterocycles. The van der Waals surface area contributed by atoms with Crippen molar-refractivity contribution in [1.82, 2.24) is 15.2 Å². The SMILES string of the molecule is CNc1ccc(-c2ccc(-c3cc(O)nc(F)c3)cc2O)nn1. The van der Waals surface area contributed by atoms with Gasteiger partial charge in [0, 0.05) is 24.7 Å². The maximum absolute atomic E-state index is 13.3. The standard InChI is InChI=1S/C16H13FN4O2/c1-18-15-5-4-12(20-21-15)11-3-2-9(6-13(11)22)10-7-14(17)19-16(23)8-10/h2-8,22H,1H3,(H,18,21)(H,19,23). The van der Waals surface area contributed by atoms with Crippen LogP contribution in [0.25, 0.3) is 22.4 Å². The third-order valence-electron chi connectivity index (χ3n) is 3.31. The summed E-state index contributed by atoms with van der Waals surface area (Å²) < 4.78 is 13.3. The highest BCUT2D eigenvalue weighted by Crippen LogP contribution is 2.33. The van der Waals surface area contributed by atoms with Gasteiger partial charge in [-0.2, -0.15) is 9.37 Å². The fourth-order valence-electron chi connectivity index (χ4n) is 2.19. The number of halogens is 1. The lowest BCUT2D eigenvalue weighted by atomic mass is 10.0. The molecule has 3 aromatic rings. The molecule has 0 aliphatic heterocycles. The third kappa shape index (κ3) is 3.03. The molecule has 6 nitrogen and oxygen atoms in total. The van der Waals surface area contributed by atoms with Crippen molar-refractivity contribution in [1.29, 1.82) is 0 Å². The van der Waals surface area contributed by atoms with E-state index in [-0.39, 0.29) is 5.75 Å². The second kappa shape index (κ2) is 5.88. The van der Waals surface area contributed by atoms with Gasteiger partial charge in [-0.3, -0.25) is 0 Å². The second-order valence-electron chi connectivity index (χ2n) is 4.82. The van der Waals surface area contributed by atoms with Crippen LogP contribution in [0, 0.1) is 5.95 Å². The molecule has 1 aromatic carbocycles. The fourth-order valence-corrected chi connectivity index (χ4v) is 2.19. The van der Waals surface area contributed by atoms with E-state index >= 15 is 0 Å². The summed E-state index contributed by atoms with van der Waals surface area (Å²) >= 11 is 0. The highest BCUT2D eigenvalue weighted by atomic mass is 19.1. The lowest BCUT2D eigenvalue weighted by molar-refractivity contribution is 0.436. The van der Waals surface area contributed by atoms with Crippen molar-refractivity contribution in [2.45, 2.75) is 0 Å². The molecule has 3 N–H and O–H groups in total. The van der Waals surface area contributed by atoms with Gasteiger partial charge in [-0.1, -0.05) is 6.07 Å². The molecule has 0 unspecified atom stereocenters. The maximum Gasteiger partial charge on any atom is 0.216 e. The topological polar surface area (TPSA) is 91.2 Å². The van der Waals surface area contributed by atoms with Crippen LogP contribution in [0.5, 0.6) is 11.6 Å². The van der Waals surface area contributed by atoms with Gasteiger partial charge in [0.2, 0.25) is 11.8 Å². The van der Waals surface area contributed by atoms with E-state index in [2.05, 4.69) is 20.5 Å². The van der Waals surface area contributed by atoms with Gasteiger partial charge in [-0.15, -0.1) is 10.2 Å². The molecule has 23 heavy (non-hydrogen) atoms. The Balaban J connectivity index is 1.99. The van der Waals surface area contributed by atoms with E-state index in [9.17, 15) is 14.6 Å². The van der Waals surface area contributed by atoms with E-state index < -0.39 is 11.8 Å². The van der Waals surface area contributed by atoms with Gasteiger partial charge in [-0.05, 0) is 35.4 Å². The Morgan fingerprint density at radius 2 is 1.78 bits per heavy atom. The van der Waals surface area contributed by atoms with Crippen molar-refractivity contribution < 1.29 is 14.6 Å². The molecule has 7 heteroatoms. The number of hydrogen-bond acceptors (Lipinski definition) is 6. The molecule has 0 atom stereocenters. The average molecular weight is 312 g/mol. The molecule has 0 bridgehead atoms. The number of pyridine rings is 1. The Labute approximate surface area is 131 Å². The minimum absolute atomic E-state index is 0.0225. The number of aromatic hydroxyl groups is 2. The highest BCUT2D eigenvalue weighted by Gasteiger charge is 2.10. The normalized spacial score (nSPS) is 10.5. The molecule has 2 aromatic heterocycles. The smallest absolute Gasteiger partial charge is 0.216 e. The molecule has 0 radical (unpaired) electrons. The predicted molar refractivity (Wildman–Crippen MR) is 83.5 cm³/mol. The molecule has 0 aliphatic carbocycles. The van der Waals surface area contributed by atoms with Gasteiger partial charge in [0.25, 0.3) is 0 Å². The monoisotopic (exact) mass is 312 g/mol. The van der Waals surface area contributed by atoms with Crippen molar-refractivity contribution >= 4 is 5.82 Å². The highest BCUT2D eigenvalue weighted by molar-refractivity contribution is 5.74. The van der Waals surface area contributed by atoms with E-state index in [1.807, 2.05) is 0 Å². The van der Waals surface area contributed by atoms with Gasteiger partial charge in [0.15, 0.2) is 0 Å². The number of phenols is 1. The second-order valence-corrected chi connectivity index (χ2v) is 4.82. The van der Waals surface area contributed by atoms with Crippen LogP contribution in [-0.2, 0) is 0 Å². The molecule has 0 amide bonds. The first-order valence-corrected chi connectivity index (χ1v) is 6.78. The van der Waals surface area contributed by atoms with E-state index in [0.29, 0.717) is 28.2 Å². The largest absolute Gasteiger partial charge is 0.507 e. The fraction of sp³-hybridized carbons (Fsp3) is 0.0625. The quantitative estimate of drug-likeness (QED) is 0.644. The Bertz CT molecular complexity index is 833. The summed E-state index contributed by atoms with van der Waals surface area (Å²) in [5, 5.41) is 30.4. The third-order valence-corrected chi connectivity index (χ3v) is 3.31. The number of nitrogens with zero attached hydrogens (tertiary/aromatic N) is 3. The molecule has 2 heterocycles. The molecule has 3 rings (SSSR count). The number of phenolic OH excluding ortho intramolecular Hbond substituents is 1. The lowest BCUT2D eigenvalue weighted by Gasteiger charge is -2.08. The number of anilines is 1. The number of aromatic nitrogens is 3. The van der Waals surface area contributed by atoms with Crippen LogP contribution in [-0.4, -0.2) is 32.4 Å². The first-order chi connectivity index (χ1) is 11.1. The van der Waals surface area contributed by atoms with Crippen LogP contribution < -0.4 is 5.32 Å². The van der Waals surface area contributed by atoms with E-state index in [0.717, 1.165) is 0 Å². The van der Waals surface area contributed by atoms with Crippen LogP contribution in [0.2, 0.25) is 0 Å². The van der Waals surface area contributed by atoms with Crippen LogP contribution in [0.4, 0.5) is 10.2 Å². The summed E-state index contributed by atoms with van der Waals surface area (Å²) in [6.07, 6.45) is 0. The molecular formula is C16H13FN4O2. The van der Waals surface area contributed by atoms with Crippen molar-refractivity contribution in [2.75, 3.05) is 12.4 Å². The minimum atomic E-state index is -0.794. The zero-order valence-electron chi connectivity index (χ0n) is 12.2. The zero-order valence-corrected chi connectivity index (χ0v) is 12.2. The summed E-state index contributed by atoms with van der Waals surface area (Å²) in [7, 11) is 1.74.